The Hall–Kier alpha value is -2.38. The van der Waals surface area contributed by atoms with Crippen molar-refractivity contribution in [2.75, 3.05) is 30.4 Å². The van der Waals surface area contributed by atoms with Crippen LogP contribution in [0.1, 0.15) is 30.4 Å². The van der Waals surface area contributed by atoms with Crippen LogP contribution in [0, 0.1) is 5.92 Å². The summed E-state index contributed by atoms with van der Waals surface area (Å²) in [5.41, 5.74) is 9.38. The number of anilines is 2. The summed E-state index contributed by atoms with van der Waals surface area (Å²) < 4.78 is 5.35. The lowest BCUT2D eigenvalue weighted by Crippen LogP contribution is -2.39. The third-order valence-electron chi connectivity index (χ3n) is 6.34. The molecule has 7 nitrogen and oxygen atoms in total. The van der Waals surface area contributed by atoms with Gasteiger partial charge in [0.15, 0.2) is 0 Å². The van der Waals surface area contributed by atoms with Crippen LogP contribution in [0.5, 0.6) is 5.75 Å². The largest absolute Gasteiger partial charge is 0.497 e. The van der Waals surface area contributed by atoms with Crippen molar-refractivity contribution in [2.24, 2.45) is 5.92 Å². The maximum Gasteiger partial charge on any atom is 0.227 e. The minimum absolute atomic E-state index is 0.486. The van der Waals surface area contributed by atoms with Crippen LogP contribution in [0.2, 0.25) is 0 Å². The highest BCUT2D eigenvalue weighted by Crippen LogP contribution is 2.29. The number of hydrogen-bond acceptors (Lipinski definition) is 7. The van der Waals surface area contributed by atoms with Gasteiger partial charge < -0.3 is 15.0 Å². The Balaban J connectivity index is 1.27. The number of nitrogens with one attached hydrogen (secondary N) is 3. The molecule has 1 aliphatic carbocycles. The molecule has 3 heterocycles. The molecule has 3 N–H and O–H groups in total. The van der Waals surface area contributed by atoms with Crippen molar-refractivity contribution in [3.05, 3.63) is 41.6 Å². The van der Waals surface area contributed by atoms with Crippen molar-refractivity contribution in [3.8, 4) is 5.75 Å². The van der Waals surface area contributed by atoms with Crippen LogP contribution < -0.4 is 25.8 Å². The summed E-state index contributed by atoms with van der Waals surface area (Å²) in [6.45, 7) is 2.83. The molecular weight excluding hydrogens is 352 g/mol. The number of benzene rings is 1. The smallest absolute Gasteiger partial charge is 0.227 e. The first-order valence-corrected chi connectivity index (χ1v) is 10.3. The second kappa shape index (κ2) is 7.56. The van der Waals surface area contributed by atoms with Crippen molar-refractivity contribution in [2.45, 2.75) is 44.3 Å². The number of methoxy groups -OCH3 is 1. The Labute approximate surface area is 165 Å². The topological polar surface area (TPSA) is 74.3 Å². The molecule has 148 valence electrons. The molecule has 1 aromatic carbocycles. The molecule has 0 bridgehead atoms. The fourth-order valence-electron chi connectivity index (χ4n) is 4.75. The van der Waals surface area contributed by atoms with Crippen molar-refractivity contribution in [3.63, 3.8) is 0 Å². The lowest BCUT2D eigenvalue weighted by molar-refractivity contribution is 0.314. The summed E-state index contributed by atoms with van der Waals surface area (Å²) in [5, 5.41) is 3.66. The number of rotatable bonds is 4. The Morgan fingerprint density at radius 2 is 2.18 bits per heavy atom. The molecule has 3 atom stereocenters. The molecular formula is C21H28N6O. The molecule has 1 saturated carbocycles. The van der Waals surface area contributed by atoms with Gasteiger partial charge in [0.05, 0.1) is 7.11 Å². The Bertz CT molecular complexity index is 843. The van der Waals surface area contributed by atoms with Gasteiger partial charge in [0.1, 0.15) is 11.6 Å². The highest BCUT2D eigenvalue weighted by molar-refractivity contribution is 5.46. The van der Waals surface area contributed by atoms with E-state index in [-0.39, 0.29) is 0 Å². The van der Waals surface area contributed by atoms with Crippen LogP contribution in [0.25, 0.3) is 0 Å². The van der Waals surface area contributed by atoms with E-state index in [2.05, 4.69) is 38.2 Å². The zero-order valence-electron chi connectivity index (χ0n) is 16.3. The third kappa shape index (κ3) is 3.52. The second-order valence-corrected chi connectivity index (χ2v) is 8.09. The molecule has 0 amide bonds. The van der Waals surface area contributed by atoms with Gasteiger partial charge in [-0.15, -0.1) is 0 Å². The highest BCUT2D eigenvalue weighted by Gasteiger charge is 2.33. The van der Waals surface area contributed by atoms with E-state index in [0.29, 0.717) is 18.0 Å². The van der Waals surface area contributed by atoms with Crippen LogP contribution in [-0.2, 0) is 13.0 Å². The van der Waals surface area contributed by atoms with E-state index in [1.807, 2.05) is 18.3 Å². The Morgan fingerprint density at radius 3 is 3.11 bits per heavy atom. The minimum Gasteiger partial charge on any atom is -0.497 e. The minimum atomic E-state index is 0.486. The third-order valence-corrected chi connectivity index (χ3v) is 6.34. The fourth-order valence-corrected chi connectivity index (χ4v) is 4.75. The van der Waals surface area contributed by atoms with Gasteiger partial charge >= 0.3 is 0 Å². The number of aromatic nitrogens is 2. The summed E-state index contributed by atoms with van der Waals surface area (Å²) in [6, 6.07) is 9.44. The first-order chi connectivity index (χ1) is 13.8. The standard InChI is InChI=1S/C21H28N6O/c1-28-18-4-2-15-13-27(9-7-14(15)11-18)21-22-8-6-20(25-21)24-17-3-5-19-16(10-17)12-23-26-19/h2,4,6,8,11,16-17,19,23,26H,3,5,7,9-10,12-13H2,1H3,(H,22,24,25). The van der Waals surface area contributed by atoms with Gasteiger partial charge in [-0.3, -0.25) is 10.9 Å². The van der Waals surface area contributed by atoms with Gasteiger partial charge in [-0.05, 0) is 60.9 Å². The number of hydrogen-bond donors (Lipinski definition) is 3. The predicted octanol–water partition coefficient (Wildman–Crippen LogP) is 2.10. The average Bonchev–Trinajstić information content (AvgIpc) is 3.21. The van der Waals surface area contributed by atoms with Gasteiger partial charge in [0, 0.05) is 37.9 Å². The first kappa shape index (κ1) is 17.7. The van der Waals surface area contributed by atoms with E-state index in [1.54, 1.807) is 7.11 Å². The SMILES string of the molecule is COc1ccc2c(c1)CCN(c1nccc(NC3CCC4NNCC4C3)n1)C2. The van der Waals surface area contributed by atoms with E-state index in [9.17, 15) is 0 Å². The molecule has 0 spiro atoms. The van der Waals surface area contributed by atoms with E-state index >= 15 is 0 Å². The zero-order valence-corrected chi connectivity index (χ0v) is 16.3. The quantitative estimate of drug-likeness (QED) is 0.750. The molecule has 1 saturated heterocycles. The van der Waals surface area contributed by atoms with Crippen molar-refractivity contribution < 1.29 is 4.74 Å². The van der Waals surface area contributed by atoms with Gasteiger partial charge in [-0.2, -0.15) is 4.98 Å². The Kier molecular flexibility index (Phi) is 4.78. The molecule has 2 aliphatic heterocycles. The molecule has 1 aromatic heterocycles. The van der Waals surface area contributed by atoms with E-state index in [1.165, 1.54) is 30.4 Å². The lowest BCUT2D eigenvalue weighted by Gasteiger charge is -2.32. The van der Waals surface area contributed by atoms with E-state index in [4.69, 9.17) is 9.72 Å². The van der Waals surface area contributed by atoms with Crippen LogP contribution in [-0.4, -0.2) is 42.3 Å². The van der Waals surface area contributed by atoms with Crippen molar-refractivity contribution >= 4 is 11.8 Å². The monoisotopic (exact) mass is 380 g/mol. The summed E-state index contributed by atoms with van der Waals surface area (Å²) in [7, 11) is 1.72. The second-order valence-electron chi connectivity index (χ2n) is 8.09. The van der Waals surface area contributed by atoms with Crippen LogP contribution in [0.3, 0.4) is 0 Å². The number of ether oxygens (including phenoxy) is 1. The molecule has 5 rings (SSSR count). The summed E-state index contributed by atoms with van der Waals surface area (Å²) in [6.07, 6.45) is 6.43. The maximum atomic E-state index is 5.35. The van der Waals surface area contributed by atoms with Gasteiger partial charge in [0.25, 0.3) is 0 Å². The normalized spacial score (nSPS) is 26.5. The molecule has 0 radical (unpaired) electrons. The number of hydrazine groups is 1. The first-order valence-electron chi connectivity index (χ1n) is 10.3. The highest BCUT2D eigenvalue weighted by atomic mass is 16.5. The maximum absolute atomic E-state index is 5.35. The summed E-state index contributed by atoms with van der Waals surface area (Å²) in [4.78, 5) is 11.6. The van der Waals surface area contributed by atoms with Crippen molar-refractivity contribution in [1.82, 2.24) is 20.8 Å². The Morgan fingerprint density at radius 1 is 1.21 bits per heavy atom. The molecule has 2 aromatic rings. The number of fused-ring (bicyclic) bond motifs is 2. The van der Waals surface area contributed by atoms with Crippen molar-refractivity contribution in [1.29, 1.82) is 0 Å². The molecule has 3 aliphatic rings. The van der Waals surface area contributed by atoms with Gasteiger partial charge in [0.2, 0.25) is 5.95 Å². The average molecular weight is 380 g/mol. The van der Waals surface area contributed by atoms with E-state index in [0.717, 1.165) is 43.6 Å². The summed E-state index contributed by atoms with van der Waals surface area (Å²) in [5.74, 6) is 3.39. The summed E-state index contributed by atoms with van der Waals surface area (Å²) >= 11 is 0. The van der Waals surface area contributed by atoms with E-state index < -0.39 is 0 Å². The van der Waals surface area contributed by atoms with Gasteiger partial charge in [-0.25, -0.2) is 4.98 Å². The molecule has 2 fully saturated rings. The lowest BCUT2D eigenvalue weighted by atomic mass is 9.83. The number of nitrogens with zero attached hydrogens (tertiary/aromatic N) is 3. The molecule has 7 heteroatoms. The van der Waals surface area contributed by atoms with Gasteiger partial charge in [-0.1, -0.05) is 6.07 Å². The molecule has 28 heavy (non-hydrogen) atoms. The predicted molar refractivity (Wildman–Crippen MR) is 109 cm³/mol. The zero-order chi connectivity index (χ0) is 18.9. The van der Waals surface area contributed by atoms with Crippen LogP contribution in [0.4, 0.5) is 11.8 Å². The molecule has 3 unspecified atom stereocenters. The van der Waals surface area contributed by atoms with Crippen LogP contribution >= 0.6 is 0 Å². The fraction of sp³-hybridized carbons (Fsp3) is 0.524. The van der Waals surface area contributed by atoms with Crippen LogP contribution in [0.15, 0.2) is 30.5 Å².